The topological polar surface area (TPSA) is 116 Å². The third kappa shape index (κ3) is 5.86. The lowest BCUT2D eigenvalue weighted by molar-refractivity contribution is -0.360. The second kappa shape index (κ2) is 11.3. The second-order valence-electron chi connectivity index (χ2n) is 8.80. The largest absolute Gasteiger partial charge is 0.399 e. The quantitative estimate of drug-likeness (QED) is 0.348. The number of nitrogen functional groups attached to an aromatic ring is 1. The first-order valence-electron chi connectivity index (χ1n) is 11.9. The molecule has 0 amide bonds. The van der Waals surface area contributed by atoms with Gasteiger partial charge in [0.2, 0.25) is 0 Å². The van der Waals surface area contributed by atoms with Gasteiger partial charge in [-0.05, 0) is 29.8 Å². The highest BCUT2D eigenvalue weighted by Gasteiger charge is 2.53. The van der Waals surface area contributed by atoms with Gasteiger partial charge in [-0.15, -0.1) is 0 Å². The lowest BCUT2D eigenvalue weighted by atomic mass is 9.97. The first kappa shape index (κ1) is 25.8. The van der Waals surface area contributed by atoms with Crippen LogP contribution in [0.3, 0.4) is 0 Å². The molecule has 6 atom stereocenters. The summed E-state index contributed by atoms with van der Waals surface area (Å²) in [5.74, 6) is 0. The molecule has 37 heavy (non-hydrogen) atoms. The van der Waals surface area contributed by atoms with Crippen molar-refractivity contribution in [1.82, 2.24) is 0 Å². The molecule has 2 saturated heterocycles. The Morgan fingerprint density at radius 3 is 2.24 bits per heavy atom. The second-order valence-corrected chi connectivity index (χ2v) is 10.4. The summed E-state index contributed by atoms with van der Waals surface area (Å²) >= 11 is 0. The van der Waals surface area contributed by atoms with Gasteiger partial charge in [0.25, 0.3) is 10.1 Å². The first-order chi connectivity index (χ1) is 17.9. The number of nitrogens with two attached hydrogens (primary N) is 1. The summed E-state index contributed by atoms with van der Waals surface area (Å²) in [4.78, 5) is -0.0458. The number of methoxy groups -OCH3 is 1. The van der Waals surface area contributed by atoms with E-state index >= 15 is 0 Å². The van der Waals surface area contributed by atoms with Crippen LogP contribution >= 0.6 is 0 Å². The van der Waals surface area contributed by atoms with Gasteiger partial charge in [0.1, 0.15) is 18.3 Å². The average molecular weight is 528 g/mol. The molecule has 5 rings (SSSR count). The molecule has 2 heterocycles. The summed E-state index contributed by atoms with van der Waals surface area (Å²) in [6, 6.07) is 24.8. The molecule has 10 heteroatoms. The molecule has 0 bridgehead atoms. The molecular weight excluding hydrogens is 498 g/mol. The number of anilines is 1. The summed E-state index contributed by atoms with van der Waals surface area (Å²) in [5, 5.41) is 0. The molecule has 0 unspecified atom stereocenters. The fraction of sp³-hybridized carbons (Fsp3) is 0.333. The lowest BCUT2D eigenvalue weighted by Gasteiger charge is -2.48. The maximum absolute atomic E-state index is 13.2. The van der Waals surface area contributed by atoms with Crippen molar-refractivity contribution in [3.05, 3.63) is 96.1 Å². The molecule has 9 nitrogen and oxygen atoms in total. The molecule has 196 valence electrons. The molecule has 0 spiro atoms. The van der Waals surface area contributed by atoms with Crippen molar-refractivity contribution in [2.45, 2.75) is 48.5 Å². The van der Waals surface area contributed by atoms with E-state index < -0.39 is 47.1 Å². The van der Waals surface area contributed by atoms with Crippen LogP contribution in [0.4, 0.5) is 5.69 Å². The molecule has 2 fully saturated rings. The Balaban J connectivity index is 1.45. The molecule has 3 aromatic carbocycles. The fourth-order valence-corrected chi connectivity index (χ4v) is 5.48. The van der Waals surface area contributed by atoms with E-state index in [9.17, 15) is 8.42 Å². The summed E-state index contributed by atoms with van der Waals surface area (Å²) in [7, 11) is -2.80. The van der Waals surface area contributed by atoms with E-state index in [-0.39, 0.29) is 18.1 Å². The minimum absolute atomic E-state index is 0.0458. The number of benzene rings is 3. The minimum atomic E-state index is -4.22. The third-order valence-corrected chi connectivity index (χ3v) is 7.60. The smallest absolute Gasteiger partial charge is 0.297 e. The summed E-state index contributed by atoms with van der Waals surface area (Å²) in [5.41, 5.74) is 7.89. The van der Waals surface area contributed by atoms with Gasteiger partial charge in [-0.3, -0.25) is 4.18 Å². The molecule has 2 aliphatic heterocycles. The Labute approximate surface area is 216 Å². The summed E-state index contributed by atoms with van der Waals surface area (Å²) < 4.78 is 62.4. The van der Waals surface area contributed by atoms with E-state index in [2.05, 4.69) is 0 Å². The summed E-state index contributed by atoms with van der Waals surface area (Å²) in [6.07, 6.45) is -5.01. The van der Waals surface area contributed by atoms with Crippen molar-refractivity contribution < 1.29 is 36.3 Å². The SMILES string of the molecule is CO[C@@H]1O[C@@H]2CO[C@@H](c3ccccc3)O[C@H]2[C@H](OCc2ccccc2)[C@@H]1OS(=O)(=O)c1ccc(N)cc1. The molecule has 2 N–H and O–H groups in total. The van der Waals surface area contributed by atoms with Crippen LogP contribution in [0.25, 0.3) is 0 Å². The van der Waals surface area contributed by atoms with Crippen molar-refractivity contribution in [2.75, 3.05) is 19.5 Å². The average Bonchev–Trinajstić information content (AvgIpc) is 2.93. The zero-order chi connectivity index (χ0) is 25.8. The van der Waals surface area contributed by atoms with Crippen LogP contribution in [0.5, 0.6) is 0 Å². The third-order valence-electron chi connectivity index (χ3n) is 6.28. The molecule has 2 aliphatic rings. The van der Waals surface area contributed by atoms with Gasteiger partial charge in [0.05, 0.1) is 18.1 Å². The number of ether oxygens (including phenoxy) is 5. The van der Waals surface area contributed by atoms with Crippen LogP contribution < -0.4 is 5.73 Å². The van der Waals surface area contributed by atoms with Gasteiger partial charge in [-0.1, -0.05) is 60.7 Å². The molecule has 0 radical (unpaired) electrons. The molecule has 0 saturated carbocycles. The predicted octanol–water partition coefficient (Wildman–Crippen LogP) is 3.41. The first-order valence-corrected chi connectivity index (χ1v) is 13.3. The number of hydrogen-bond acceptors (Lipinski definition) is 9. The maximum Gasteiger partial charge on any atom is 0.297 e. The zero-order valence-electron chi connectivity index (χ0n) is 20.2. The Hall–Kier alpha value is -2.83. The Kier molecular flexibility index (Phi) is 7.87. The van der Waals surface area contributed by atoms with Crippen LogP contribution in [-0.4, -0.2) is 52.8 Å². The number of rotatable bonds is 8. The van der Waals surface area contributed by atoms with Gasteiger partial charge >= 0.3 is 0 Å². The van der Waals surface area contributed by atoms with Crippen LogP contribution in [0.1, 0.15) is 17.4 Å². The van der Waals surface area contributed by atoms with E-state index in [1.165, 1.54) is 31.4 Å². The normalized spacial score (nSPS) is 27.9. The van der Waals surface area contributed by atoms with Gasteiger partial charge in [0.15, 0.2) is 18.7 Å². The van der Waals surface area contributed by atoms with Crippen molar-refractivity contribution >= 4 is 15.8 Å². The zero-order valence-corrected chi connectivity index (χ0v) is 21.0. The highest BCUT2D eigenvalue weighted by Crippen LogP contribution is 2.37. The number of hydrogen-bond donors (Lipinski definition) is 1. The van der Waals surface area contributed by atoms with Gasteiger partial charge in [-0.2, -0.15) is 8.42 Å². The fourth-order valence-electron chi connectivity index (χ4n) is 4.41. The Bertz CT molecular complexity index is 1260. The highest BCUT2D eigenvalue weighted by molar-refractivity contribution is 7.86. The van der Waals surface area contributed by atoms with Crippen molar-refractivity contribution in [3.63, 3.8) is 0 Å². The van der Waals surface area contributed by atoms with E-state index in [1.807, 2.05) is 60.7 Å². The van der Waals surface area contributed by atoms with Gasteiger partial charge < -0.3 is 29.4 Å². The monoisotopic (exact) mass is 527 g/mol. The molecule has 0 aliphatic carbocycles. The van der Waals surface area contributed by atoms with Gasteiger partial charge in [0, 0.05) is 18.4 Å². The van der Waals surface area contributed by atoms with Crippen LogP contribution in [0.2, 0.25) is 0 Å². The number of fused-ring (bicyclic) bond motifs is 1. The predicted molar refractivity (Wildman–Crippen MR) is 134 cm³/mol. The molecule has 0 aromatic heterocycles. The van der Waals surface area contributed by atoms with Gasteiger partial charge in [-0.25, -0.2) is 0 Å². The van der Waals surface area contributed by atoms with Crippen LogP contribution in [0, 0.1) is 0 Å². The highest BCUT2D eigenvalue weighted by atomic mass is 32.2. The van der Waals surface area contributed by atoms with Crippen LogP contribution in [0.15, 0.2) is 89.8 Å². The van der Waals surface area contributed by atoms with E-state index in [4.69, 9.17) is 33.6 Å². The van der Waals surface area contributed by atoms with Crippen molar-refractivity contribution in [3.8, 4) is 0 Å². The van der Waals surface area contributed by atoms with E-state index in [0.717, 1.165) is 11.1 Å². The standard InChI is InChI=1S/C27H29NO8S/c1-31-27-25(36-37(29,30)21-14-12-20(28)13-15-21)24(32-16-18-8-4-2-5-9-18)23-22(34-27)17-33-26(35-23)19-10-6-3-7-11-19/h2-15,22-27H,16-17,28H2,1H3/t22-,23-,24+,25+,26-,27-/m1/s1. The molecule has 3 aromatic rings. The van der Waals surface area contributed by atoms with E-state index in [1.54, 1.807) is 0 Å². The van der Waals surface area contributed by atoms with Crippen molar-refractivity contribution in [2.24, 2.45) is 0 Å². The maximum atomic E-state index is 13.2. The lowest BCUT2D eigenvalue weighted by Crippen LogP contribution is -2.63. The van der Waals surface area contributed by atoms with Crippen LogP contribution in [-0.2, 0) is 44.6 Å². The van der Waals surface area contributed by atoms with Crippen molar-refractivity contribution in [1.29, 1.82) is 0 Å². The Morgan fingerprint density at radius 2 is 1.57 bits per heavy atom. The van der Waals surface area contributed by atoms with E-state index in [0.29, 0.717) is 5.69 Å². The summed E-state index contributed by atoms with van der Waals surface area (Å²) in [6.45, 7) is 0.403. The Morgan fingerprint density at radius 1 is 0.892 bits per heavy atom. The minimum Gasteiger partial charge on any atom is -0.399 e. The molecular formula is C27H29NO8S.